The van der Waals surface area contributed by atoms with E-state index in [0.717, 1.165) is 0 Å². The predicted molar refractivity (Wildman–Crippen MR) is 49.3 cm³/mol. The number of hydrogen-bond donors (Lipinski definition) is 2. The van der Waals surface area contributed by atoms with Crippen molar-refractivity contribution in [2.45, 2.75) is 0 Å². The third kappa shape index (κ3) is 19.7. The number of halogens is 1. The molecule has 0 aliphatic rings. The minimum atomic E-state index is -4.26. The Kier molecular flexibility index (Phi) is 11.7. The smallest absolute Gasteiger partial charge is 1.00 e. The largest absolute Gasteiger partial charge is 1.00 e. The Bertz CT molecular complexity index is 174. The van der Waals surface area contributed by atoms with Crippen LogP contribution >= 0.6 is 20.2 Å². The van der Waals surface area contributed by atoms with Crippen LogP contribution in [0.15, 0.2) is 0 Å². The van der Waals surface area contributed by atoms with Gasteiger partial charge in [-0.2, -0.15) is 0 Å². The van der Waals surface area contributed by atoms with Gasteiger partial charge in [-0.05, 0) is 0 Å². The zero-order valence-corrected chi connectivity index (χ0v) is 12.1. The number of phosphoric acid groups is 1. The molecule has 78 valence electrons. The first-order valence-corrected chi connectivity index (χ1v) is 4.74. The Morgan fingerprint density at radius 1 is 1.38 bits per heavy atom. The van der Waals surface area contributed by atoms with Crippen molar-refractivity contribution in [3.63, 3.8) is 0 Å². The third-order valence-electron chi connectivity index (χ3n) is 1.02. The summed E-state index contributed by atoms with van der Waals surface area (Å²) < 4.78 is 15.1. The minimum absolute atomic E-state index is 0. The normalized spacial score (nSPS) is 11.5. The summed E-state index contributed by atoms with van der Waals surface area (Å²) in [5.74, 6) is 0. The van der Waals surface area contributed by atoms with Crippen LogP contribution in [0.2, 0.25) is 0 Å². The molecule has 0 heterocycles. The maximum atomic E-state index is 10.2. The molecule has 0 atom stereocenters. The predicted octanol–water partition coefficient (Wildman–Crippen LogP) is -2.66. The Labute approximate surface area is 108 Å². The van der Waals surface area contributed by atoms with Crippen LogP contribution in [0.4, 0.5) is 0 Å². The third-order valence-corrected chi connectivity index (χ3v) is 1.54. The van der Waals surface area contributed by atoms with Crippen molar-refractivity contribution in [3.8, 4) is 0 Å². The average molecular weight is 245 g/mol. The van der Waals surface area contributed by atoms with Crippen molar-refractivity contribution < 1.29 is 54.3 Å². The molecule has 0 radical (unpaired) electrons. The fourth-order valence-electron chi connectivity index (χ4n) is 0.434. The molecule has 8 heteroatoms. The molecule has 2 N–H and O–H groups in total. The van der Waals surface area contributed by atoms with Gasteiger partial charge in [0.1, 0.15) is 13.2 Å². The van der Waals surface area contributed by atoms with Crippen molar-refractivity contribution >= 4 is 20.2 Å². The summed E-state index contributed by atoms with van der Waals surface area (Å²) in [6.45, 7) is 0.652. The van der Waals surface area contributed by atoms with Gasteiger partial charge in [0, 0.05) is 0 Å². The molecule has 0 spiro atoms. The molecule has 0 saturated carbocycles. The fraction of sp³-hybridized carbons (Fsp3) is 1.00. The van der Waals surface area contributed by atoms with E-state index in [4.69, 9.17) is 9.79 Å². The van der Waals surface area contributed by atoms with Crippen molar-refractivity contribution in [2.24, 2.45) is 0 Å². The Hall–Kier alpha value is 1.36. The van der Waals surface area contributed by atoms with Crippen LogP contribution < -0.4 is 29.6 Å². The van der Waals surface area contributed by atoms with E-state index in [1.54, 1.807) is 0 Å². The molecule has 0 aliphatic heterocycles. The van der Waals surface area contributed by atoms with E-state index < -0.39 is 7.82 Å². The molecule has 13 heavy (non-hydrogen) atoms. The van der Waals surface area contributed by atoms with Crippen LogP contribution in [0.5, 0.6) is 0 Å². The van der Waals surface area contributed by atoms with Crippen molar-refractivity contribution in [2.75, 3.05) is 34.3 Å². The second-order valence-electron chi connectivity index (χ2n) is 3.34. The van der Waals surface area contributed by atoms with Gasteiger partial charge >= 0.3 is 37.4 Å². The molecule has 0 amide bonds. The van der Waals surface area contributed by atoms with Crippen LogP contribution in [0.1, 0.15) is 1.43 Å². The van der Waals surface area contributed by atoms with Gasteiger partial charge < -0.3 is 15.7 Å². The summed E-state index contributed by atoms with van der Waals surface area (Å²) in [6, 6.07) is 0. The number of phosphoric ester groups is 1. The van der Waals surface area contributed by atoms with Crippen molar-refractivity contribution in [1.29, 1.82) is 0 Å². The first kappa shape index (κ1) is 19.9. The second kappa shape index (κ2) is 7.63. The van der Waals surface area contributed by atoms with Gasteiger partial charge in [-0.3, -0.25) is 4.52 Å². The quantitative estimate of drug-likeness (QED) is 0.322. The average Bonchev–Trinajstić information content (AvgIpc) is 1.55. The van der Waals surface area contributed by atoms with E-state index in [9.17, 15) is 4.57 Å². The van der Waals surface area contributed by atoms with E-state index in [-0.39, 0.29) is 50.0 Å². The Morgan fingerprint density at radius 3 is 2.00 bits per heavy atom. The van der Waals surface area contributed by atoms with Gasteiger partial charge in [0.25, 0.3) is 0 Å². The summed E-state index contributed by atoms with van der Waals surface area (Å²) >= 11 is 0. The molecule has 0 aromatic rings. The van der Waals surface area contributed by atoms with Crippen LogP contribution in [0, 0.1) is 0 Å². The van der Waals surface area contributed by atoms with Gasteiger partial charge in [0.15, 0.2) is 0 Å². The van der Waals surface area contributed by atoms with Crippen molar-refractivity contribution in [1.82, 2.24) is 0 Å². The number of quaternary nitrogens is 1. The summed E-state index contributed by atoms with van der Waals surface area (Å²) in [5, 5.41) is 0. The summed E-state index contributed by atoms with van der Waals surface area (Å²) in [5.41, 5.74) is 0. The standard InChI is InChI=1S/C5H14NO4P.ClH.Na.H/c1-6(2,3)4-5-10-11(7,8)9;;;/h4-5H2,1-3H3,(H-,7,8,9);1H;;/q;;+1;-1/p+1. The van der Waals surface area contributed by atoms with Gasteiger partial charge in [0.05, 0.1) is 21.1 Å². The molecule has 0 aromatic carbocycles. The first-order valence-electron chi connectivity index (χ1n) is 3.21. The molecule has 0 saturated heterocycles. The molecule has 5 nitrogen and oxygen atoms in total. The second-order valence-corrected chi connectivity index (χ2v) is 4.58. The van der Waals surface area contributed by atoms with E-state index in [2.05, 4.69) is 4.52 Å². The SMILES string of the molecule is C[N+](C)(C)CCOP(=O)(O)O.Cl.[H-].[Na+]. The summed E-state index contributed by atoms with van der Waals surface area (Å²) in [6.07, 6.45) is 0. The van der Waals surface area contributed by atoms with Gasteiger partial charge in [-0.15, -0.1) is 12.4 Å². The van der Waals surface area contributed by atoms with Crippen LogP contribution in [-0.2, 0) is 9.09 Å². The van der Waals surface area contributed by atoms with E-state index in [1.807, 2.05) is 21.1 Å². The Morgan fingerprint density at radius 2 is 1.77 bits per heavy atom. The topological polar surface area (TPSA) is 66.8 Å². The van der Waals surface area contributed by atoms with E-state index >= 15 is 0 Å². The number of likely N-dealkylation sites (N-methyl/N-ethyl adjacent to an activating group) is 1. The molecule has 0 fully saturated rings. The molecule has 0 aliphatic carbocycles. The summed E-state index contributed by atoms with van der Waals surface area (Å²) in [4.78, 5) is 16.6. The minimum Gasteiger partial charge on any atom is -1.00 e. The molecule has 0 aromatic heterocycles. The molecular weight excluding hydrogens is 227 g/mol. The molecule has 0 unspecified atom stereocenters. The van der Waals surface area contributed by atoms with E-state index in [1.165, 1.54) is 0 Å². The van der Waals surface area contributed by atoms with Crippen molar-refractivity contribution in [3.05, 3.63) is 0 Å². The van der Waals surface area contributed by atoms with Gasteiger partial charge in [-0.1, -0.05) is 0 Å². The summed E-state index contributed by atoms with van der Waals surface area (Å²) in [7, 11) is 1.50. The molecule has 0 rings (SSSR count). The maximum Gasteiger partial charge on any atom is 1.00 e. The van der Waals surface area contributed by atoms with Crippen LogP contribution in [0.25, 0.3) is 0 Å². The zero-order valence-electron chi connectivity index (χ0n) is 9.43. The number of hydrogen-bond acceptors (Lipinski definition) is 2. The molecule has 0 bridgehead atoms. The zero-order chi connectivity index (χ0) is 9.12. The van der Waals surface area contributed by atoms with Crippen LogP contribution in [0.3, 0.4) is 0 Å². The molecular formula is C5H17ClNNaO4P+. The number of nitrogens with zero attached hydrogens (tertiary/aromatic N) is 1. The maximum absolute atomic E-state index is 10.2. The first-order chi connectivity index (χ1) is 4.71. The fourth-order valence-corrected chi connectivity index (χ4v) is 0.753. The van der Waals surface area contributed by atoms with Gasteiger partial charge in [0.2, 0.25) is 0 Å². The Balaban J connectivity index is -0.000000167. The van der Waals surface area contributed by atoms with Crippen LogP contribution in [-0.4, -0.2) is 48.6 Å². The monoisotopic (exact) mass is 244 g/mol. The van der Waals surface area contributed by atoms with Gasteiger partial charge in [-0.25, -0.2) is 4.57 Å². The van der Waals surface area contributed by atoms with E-state index in [0.29, 0.717) is 11.0 Å². The number of rotatable bonds is 4.